The molecule has 28 heavy (non-hydrogen) atoms. The van der Waals surface area contributed by atoms with Gasteiger partial charge in [0.15, 0.2) is 5.84 Å². The van der Waals surface area contributed by atoms with Gasteiger partial charge in [-0.05, 0) is 62.7 Å². The molecule has 0 aromatic heterocycles. The van der Waals surface area contributed by atoms with E-state index in [0.717, 1.165) is 19.4 Å². The monoisotopic (exact) mass is 398 g/mol. The van der Waals surface area contributed by atoms with Gasteiger partial charge >= 0.3 is 0 Å². The second-order valence-corrected chi connectivity index (χ2v) is 8.65. The number of hydrogen-bond acceptors (Lipinski definition) is 5. The molecule has 3 N–H and O–H groups in total. The second kappa shape index (κ2) is 7.37. The van der Waals surface area contributed by atoms with Gasteiger partial charge in [-0.1, -0.05) is 12.1 Å². The van der Waals surface area contributed by atoms with Crippen LogP contribution in [0, 0.1) is 0 Å². The Morgan fingerprint density at radius 1 is 1.14 bits per heavy atom. The first kappa shape index (κ1) is 18.6. The number of amidine groups is 1. The number of nitrogens with zero attached hydrogens (tertiary/aromatic N) is 1. The summed E-state index contributed by atoms with van der Waals surface area (Å²) in [5.74, 6) is 0.174. The molecule has 0 spiro atoms. The maximum atomic E-state index is 12.5. The zero-order chi connectivity index (χ0) is 19.7. The Labute approximate surface area is 164 Å². The average molecular weight is 398 g/mol. The standard InChI is InChI=1S/C20H22N4O3S/c1-13-17(6-4-12-21-13)23-20(25)14-8-10-15(11-9-14)22-19-16-5-2-3-7-18(16)28(26,27)24-19/h2-3,5,7-11,13,17,21H,4,6,12H2,1H3,(H,22,24)(H,23,25). The van der Waals surface area contributed by atoms with Crippen LogP contribution in [0.1, 0.15) is 35.7 Å². The predicted octanol–water partition coefficient (Wildman–Crippen LogP) is 2.12. The van der Waals surface area contributed by atoms with E-state index >= 15 is 0 Å². The molecule has 2 aliphatic heterocycles. The van der Waals surface area contributed by atoms with Crippen molar-refractivity contribution in [2.75, 3.05) is 11.9 Å². The van der Waals surface area contributed by atoms with Gasteiger partial charge in [-0.3, -0.25) is 4.79 Å². The molecule has 0 radical (unpaired) electrons. The van der Waals surface area contributed by atoms with Crippen LogP contribution in [-0.2, 0) is 10.0 Å². The minimum Gasteiger partial charge on any atom is -0.348 e. The second-order valence-electron chi connectivity index (χ2n) is 7.08. The summed E-state index contributed by atoms with van der Waals surface area (Å²) in [5.41, 5.74) is 1.77. The van der Waals surface area contributed by atoms with E-state index in [4.69, 9.17) is 0 Å². The Kier molecular flexibility index (Phi) is 4.91. The number of fused-ring (bicyclic) bond motifs is 1. The Morgan fingerprint density at radius 3 is 2.64 bits per heavy atom. The van der Waals surface area contributed by atoms with E-state index < -0.39 is 10.0 Å². The van der Waals surface area contributed by atoms with Gasteiger partial charge in [-0.25, -0.2) is 0 Å². The molecule has 0 bridgehead atoms. The third kappa shape index (κ3) is 3.65. The van der Waals surface area contributed by atoms with Crippen molar-refractivity contribution in [1.82, 2.24) is 10.6 Å². The summed E-state index contributed by atoms with van der Waals surface area (Å²) in [6.45, 7) is 3.06. The van der Waals surface area contributed by atoms with Crippen molar-refractivity contribution in [3.8, 4) is 0 Å². The Balaban J connectivity index is 1.46. The smallest absolute Gasteiger partial charge is 0.285 e. The number of hydrogen-bond donors (Lipinski definition) is 3. The van der Waals surface area contributed by atoms with Gasteiger partial charge in [0.25, 0.3) is 15.9 Å². The van der Waals surface area contributed by atoms with Crippen LogP contribution in [0.25, 0.3) is 0 Å². The van der Waals surface area contributed by atoms with Gasteiger partial charge in [0.05, 0.1) is 0 Å². The minimum atomic E-state index is -3.66. The maximum absolute atomic E-state index is 12.5. The van der Waals surface area contributed by atoms with Crippen molar-refractivity contribution in [3.63, 3.8) is 0 Å². The van der Waals surface area contributed by atoms with Gasteiger partial charge in [0, 0.05) is 28.9 Å². The zero-order valence-corrected chi connectivity index (χ0v) is 16.3. The number of benzene rings is 2. The summed E-state index contributed by atoms with van der Waals surface area (Å²) in [5, 5.41) is 9.48. The number of carbonyl (C=O) groups excluding carboxylic acids is 1. The van der Waals surface area contributed by atoms with Crippen LogP contribution in [0.15, 0.2) is 57.8 Å². The molecule has 2 unspecified atom stereocenters. The molecule has 0 aliphatic carbocycles. The lowest BCUT2D eigenvalue weighted by Gasteiger charge is -2.30. The van der Waals surface area contributed by atoms with Crippen LogP contribution in [-0.4, -0.2) is 38.8 Å². The van der Waals surface area contributed by atoms with Crippen LogP contribution in [0.4, 0.5) is 5.69 Å². The lowest BCUT2D eigenvalue weighted by Crippen LogP contribution is -2.51. The molecule has 8 heteroatoms. The SMILES string of the molecule is CC1NCCCC1NC(=O)c1ccc(NC2=NS(=O)(=O)c3ccccc32)cc1. The predicted molar refractivity (Wildman–Crippen MR) is 108 cm³/mol. The Bertz CT molecular complexity index is 1030. The fourth-order valence-electron chi connectivity index (χ4n) is 3.53. The van der Waals surface area contributed by atoms with E-state index in [1.165, 1.54) is 6.07 Å². The third-order valence-corrected chi connectivity index (χ3v) is 6.45. The quantitative estimate of drug-likeness (QED) is 0.735. The van der Waals surface area contributed by atoms with Crippen LogP contribution >= 0.6 is 0 Å². The van der Waals surface area contributed by atoms with Crippen molar-refractivity contribution < 1.29 is 13.2 Å². The van der Waals surface area contributed by atoms with Gasteiger partial charge in [-0.2, -0.15) is 8.42 Å². The largest absolute Gasteiger partial charge is 0.348 e. The highest BCUT2D eigenvalue weighted by atomic mass is 32.2. The number of anilines is 1. The molecule has 4 rings (SSSR count). The molecule has 7 nitrogen and oxygen atoms in total. The van der Waals surface area contributed by atoms with Crippen LogP contribution in [0.5, 0.6) is 0 Å². The molecule has 2 aromatic rings. The van der Waals surface area contributed by atoms with Gasteiger partial charge in [-0.15, -0.1) is 4.40 Å². The first-order valence-corrected chi connectivity index (χ1v) is 10.7. The third-order valence-electron chi connectivity index (χ3n) is 5.12. The van der Waals surface area contributed by atoms with Crippen molar-refractivity contribution in [2.45, 2.75) is 36.7 Å². The van der Waals surface area contributed by atoms with Crippen molar-refractivity contribution >= 4 is 27.5 Å². The Hall–Kier alpha value is -2.71. The van der Waals surface area contributed by atoms with Gasteiger partial charge in [0.2, 0.25) is 0 Å². The number of nitrogens with one attached hydrogen (secondary N) is 3. The first-order chi connectivity index (χ1) is 13.4. The average Bonchev–Trinajstić information content (AvgIpc) is 2.95. The summed E-state index contributed by atoms with van der Waals surface area (Å²) >= 11 is 0. The highest BCUT2D eigenvalue weighted by Crippen LogP contribution is 2.26. The summed E-state index contributed by atoms with van der Waals surface area (Å²) in [6, 6.07) is 14.0. The van der Waals surface area contributed by atoms with E-state index in [1.807, 2.05) is 0 Å². The van der Waals surface area contributed by atoms with Crippen LogP contribution < -0.4 is 16.0 Å². The molecule has 146 valence electrons. The summed E-state index contributed by atoms with van der Waals surface area (Å²) < 4.78 is 28.1. The molecule has 1 amide bonds. The van der Waals surface area contributed by atoms with Crippen molar-refractivity contribution in [3.05, 3.63) is 59.7 Å². The molecule has 1 fully saturated rings. The first-order valence-electron chi connectivity index (χ1n) is 9.30. The molecular weight excluding hydrogens is 376 g/mol. The molecular formula is C20H22N4O3S. The fourth-order valence-corrected chi connectivity index (χ4v) is 4.71. The van der Waals surface area contributed by atoms with E-state index in [9.17, 15) is 13.2 Å². The van der Waals surface area contributed by atoms with E-state index in [0.29, 0.717) is 16.8 Å². The molecule has 0 saturated carbocycles. The molecule has 1 saturated heterocycles. The number of amides is 1. The molecule has 2 aliphatic rings. The van der Waals surface area contributed by atoms with E-state index in [-0.39, 0.29) is 28.7 Å². The number of piperidine rings is 1. The normalized spacial score (nSPS) is 22.8. The lowest BCUT2D eigenvalue weighted by molar-refractivity contribution is 0.0920. The van der Waals surface area contributed by atoms with E-state index in [2.05, 4.69) is 27.3 Å². The molecule has 2 aromatic carbocycles. The zero-order valence-electron chi connectivity index (χ0n) is 15.5. The van der Waals surface area contributed by atoms with Crippen molar-refractivity contribution in [2.24, 2.45) is 4.40 Å². The minimum absolute atomic E-state index is 0.113. The van der Waals surface area contributed by atoms with Gasteiger partial charge in [0.1, 0.15) is 4.90 Å². The van der Waals surface area contributed by atoms with Gasteiger partial charge < -0.3 is 16.0 Å². The summed E-state index contributed by atoms with van der Waals surface area (Å²) in [7, 11) is -3.66. The van der Waals surface area contributed by atoms with E-state index in [1.54, 1.807) is 42.5 Å². The number of rotatable bonds is 3. The maximum Gasteiger partial charge on any atom is 0.285 e. The highest BCUT2D eigenvalue weighted by molar-refractivity contribution is 7.90. The van der Waals surface area contributed by atoms with Crippen LogP contribution in [0.2, 0.25) is 0 Å². The van der Waals surface area contributed by atoms with Crippen molar-refractivity contribution in [1.29, 1.82) is 0 Å². The van der Waals surface area contributed by atoms with Crippen LogP contribution in [0.3, 0.4) is 0 Å². The summed E-state index contributed by atoms with van der Waals surface area (Å²) in [4.78, 5) is 12.7. The number of sulfonamides is 1. The highest BCUT2D eigenvalue weighted by Gasteiger charge is 2.28. The molecule has 2 atom stereocenters. The fraction of sp³-hybridized carbons (Fsp3) is 0.300. The summed E-state index contributed by atoms with van der Waals surface area (Å²) in [6.07, 6.45) is 2.01. The topological polar surface area (TPSA) is 99.7 Å². The lowest BCUT2D eigenvalue weighted by atomic mass is 9.99. The number of carbonyl (C=O) groups is 1. The molecule has 2 heterocycles. The Morgan fingerprint density at radius 2 is 1.89 bits per heavy atom.